The Kier molecular flexibility index (Phi) is 12.2. The van der Waals surface area contributed by atoms with E-state index in [0.29, 0.717) is 11.3 Å². The molecule has 14 heteroatoms. The van der Waals surface area contributed by atoms with Crippen molar-refractivity contribution in [1.82, 2.24) is 10.2 Å². The molecule has 2 aliphatic carbocycles. The molecule has 2 aromatic rings. The fourth-order valence-corrected chi connectivity index (χ4v) is 6.61. The Bertz CT molecular complexity index is 1450. The number of aromatic hydroxyl groups is 1. The van der Waals surface area contributed by atoms with Gasteiger partial charge in [0.05, 0.1) is 32.2 Å². The summed E-state index contributed by atoms with van der Waals surface area (Å²) in [7, 11) is 0. The zero-order chi connectivity index (χ0) is 35.9. The minimum absolute atomic E-state index is 0.0191. The number of amides is 4. The van der Waals surface area contributed by atoms with Gasteiger partial charge < -0.3 is 40.8 Å². The molecule has 268 valence electrons. The van der Waals surface area contributed by atoms with Gasteiger partial charge in [0.1, 0.15) is 17.8 Å². The number of alkyl halides is 3. The number of aliphatic carboxylic acids is 1. The van der Waals surface area contributed by atoms with Crippen LogP contribution in [0.5, 0.6) is 5.75 Å². The minimum atomic E-state index is -5.19. The van der Waals surface area contributed by atoms with E-state index in [1.165, 1.54) is 25.7 Å². The van der Waals surface area contributed by atoms with Crippen LogP contribution in [-0.4, -0.2) is 88.8 Å². The first kappa shape index (κ1) is 37.5. The standard InChI is InChI=1S/C33H45N5O4.C2HF3O2/c1-22(2)35-32(41)26-11-13-27(14-12-26)36-33(42)37(30(31(34)40)18-23-9-15-29(39)16-10-23)28-4-3-17-38(21-28,19-24-5-6-24)20-25-7-8-25;3-2(4,5)1(6)7/h9-16,22,24-25,28,30H,3-8,17-21H2,1-2H3,(H4-,34,35,36,39,40,41,42);(H,6,7)/t28-,30+;/m1./s1. The van der Waals surface area contributed by atoms with E-state index in [1.807, 2.05) is 13.8 Å². The van der Waals surface area contributed by atoms with E-state index >= 15 is 0 Å². The number of benzene rings is 2. The number of likely N-dealkylation sites (tertiary alicyclic amines) is 1. The van der Waals surface area contributed by atoms with E-state index in [4.69, 9.17) is 15.6 Å². The molecule has 3 aliphatic rings. The number of quaternary nitrogens is 1. The van der Waals surface area contributed by atoms with E-state index in [9.17, 15) is 32.7 Å². The molecule has 5 N–H and O–H groups in total. The SMILES string of the molecule is CC(C)NC(=O)c1ccc(NC(=O)N([C@@H]2CCC[N+](CC3CC3)(CC3CC3)C2)[C@@H](Cc2ccc(O)cc2)C(N)=O)cc1.O=C([O-])C(F)(F)F. The molecule has 4 amide bonds. The van der Waals surface area contributed by atoms with Crippen molar-refractivity contribution in [2.45, 2.75) is 83.1 Å². The van der Waals surface area contributed by atoms with Gasteiger partial charge >= 0.3 is 12.2 Å². The third-order valence-corrected chi connectivity index (χ3v) is 9.16. The van der Waals surface area contributed by atoms with Crippen molar-refractivity contribution in [2.24, 2.45) is 17.6 Å². The fourth-order valence-electron chi connectivity index (χ4n) is 6.61. The first-order chi connectivity index (χ1) is 23.0. The molecule has 3 fully saturated rings. The zero-order valence-electron chi connectivity index (χ0n) is 27.9. The quantitative estimate of drug-likeness (QED) is 0.249. The van der Waals surface area contributed by atoms with Crippen LogP contribution in [0.1, 0.15) is 68.3 Å². The fraction of sp³-hybridized carbons (Fsp3) is 0.543. The van der Waals surface area contributed by atoms with Gasteiger partial charge in [-0.15, -0.1) is 0 Å². The first-order valence-corrected chi connectivity index (χ1v) is 16.8. The predicted octanol–water partition coefficient (Wildman–Crippen LogP) is 3.56. The molecule has 0 bridgehead atoms. The molecule has 0 radical (unpaired) electrons. The van der Waals surface area contributed by atoms with Crippen LogP contribution < -0.4 is 21.5 Å². The van der Waals surface area contributed by atoms with E-state index in [2.05, 4.69) is 10.6 Å². The Labute approximate surface area is 284 Å². The van der Waals surface area contributed by atoms with E-state index in [0.717, 1.165) is 60.9 Å². The molecule has 5 rings (SSSR count). The smallest absolute Gasteiger partial charge is 0.430 e. The molecule has 2 saturated carbocycles. The molecule has 1 saturated heterocycles. The Morgan fingerprint density at radius 1 is 0.959 bits per heavy atom. The molecule has 2 aromatic carbocycles. The molecular formula is C35H46F3N5O6. The number of rotatable bonds is 12. The highest BCUT2D eigenvalue weighted by Crippen LogP contribution is 2.40. The van der Waals surface area contributed by atoms with Gasteiger partial charge in [0.2, 0.25) is 5.91 Å². The number of carboxylic acid groups (broad SMARTS) is 1. The van der Waals surface area contributed by atoms with Crippen LogP contribution in [-0.2, 0) is 16.0 Å². The summed E-state index contributed by atoms with van der Waals surface area (Å²) >= 11 is 0. The minimum Gasteiger partial charge on any atom is -0.542 e. The van der Waals surface area contributed by atoms with Gasteiger partial charge in [-0.2, -0.15) is 13.2 Å². The van der Waals surface area contributed by atoms with Crippen molar-refractivity contribution in [3.05, 3.63) is 59.7 Å². The summed E-state index contributed by atoms with van der Waals surface area (Å²) in [6, 6.07) is 12.2. The van der Waals surface area contributed by atoms with Crippen LogP contribution in [0.3, 0.4) is 0 Å². The maximum Gasteiger partial charge on any atom is 0.430 e. The summed E-state index contributed by atoms with van der Waals surface area (Å²) in [5.41, 5.74) is 7.91. The average Bonchev–Trinajstić information content (AvgIpc) is 3.96. The molecule has 11 nitrogen and oxygen atoms in total. The van der Waals surface area contributed by atoms with Gasteiger partial charge in [-0.1, -0.05) is 12.1 Å². The normalized spacial score (nSPS) is 19.2. The molecule has 1 heterocycles. The second kappa shape index (κ2) is 15.9. The van der Waals surface area contributed by atoms with E-state index in [1.54, 1.807) is 53.4 Å². The van der Waals surface area contributed by atoms with E-state index < -0.39 is 24.1 Å². The van der Waals surface area contributed by atoms with Gasteiger partial charge in [0, 0.05) is 35.5 Å². The lowest BCUT2D eigenvalue weighted by Crippen LogP contribution is -2.65. The number of hydrogen-bond acceptors (Lipinski definition) is 6. The van der Waals surface area contributed by atoms with Gasteiger partial charge in [-0.25, -0.2) is 4.79 Å². The Morgan fingerprint density at radius 2 is 1.51 bits per heavy atom. The topological polar surface area (TPSA) is 165 Å². The number of hydrogen-bond donors (Lipinski definition) is 4. The monoisotopic (exact) mass is 689 g/mol. The maximum absolute atomic E-state index is 14.1. The number of piperidine rings is 1. The lowest BCUT2D eigenvalue weighted by Gasteiger charge is -2.48. The maximum atomic E-state index is 14.1. The number of primary amides is 1. The van der Waals surface area contributed by atoms with Crippen molar-refractivity contribution >= 4 is 29.5 Å². The molecule has 0 unspecified atom stereocenters. The predicted molar refractivity (Wildman–Crippen MR) is 174 cm³/mol. The number of carbonyl (C=O) groups excluding carboxylic acids is 4. The Hall–Kier alpha value is -4.33. The van der Waals surface area contributed by atoms with Crippen LogP contribution in [0.25, 0.3) is 0 Å². The largest absolute Gasteiger partial charge is 0.542 e. The van der Waals surface area contributed by atoms with Crippen molar-refractivity contribution in [3.63, 3.8) is 0 Å². The van der Waals surface area contributed by atoms with Crippen LogP contribution >= 0.6 is 0 Å². The van der Waals surface area contributed by atoms with Gasteiger partial charge in [-0.05, 0) is 94.3 Å². The number of urea groups is 1. The number of carbonyl (C=O) groups is 4. The van der Waals surface area contributed by atoms with Crippen LogP contribution in [0.4, 0.5) is 23.7 Å². The average molecular weight is 690 g/mol. The lowest BCUT2D eigenvalue weighted by molar-refractivity contribution is -0.937. The number of carboxylic acids is 1. The summed E-state index contributed by atoms with van der Waals surface area (Å²) in [5.74, 6) is -2.06. The van der Waals surface area contributed by atoms with Gasteiger partial charge in [0.15, 0.2) is 0 Å². The van der Waals surface area contributed by atoms with Crippen LogP contribution in [0, 0.1) is 11.8 Å². The highest BCUT2D eigenvalue weighted by Gasteiger charge is 2.47. The van der Waals surface area contributed by atoms with Gasteiger partial charge in [-0.3, -0.25) is 9.59 Å². The number of nitrogens with one attached hydrogen (secondary N) is 2. The molecule has 2 atom stereocenters. The lowest BCUT2D eigenvalue weighted by atomic mass is 9.95. The molecule has 1 aliphatic heterocycles. The Morgan fingerprint density at radius 3 is 1.98 bits per heavy atom. The number of phenols is 1. The number of phenolic OH excluding ortho intramolecular Hbond substituents is 1. The molecular weight excluding hydrogens is 643 g/mol. The zero-order valence-corrected chi connectivity index (χ0v) is 27.9. The van der Waals surface area contributed by atoms with Crippen molar-refractivity contribution < 1.29 is 47.0 Å². The second-order valence-electron chi connectivity index (χ2n) is 13.9. The summed E-state index contributed by atoms with van der Waals surface area (Å²) in [6.45, 7) is 8.07. The summed E-state index contributed by atoms with van der Waals surface area (Å²) in [6.07, 6.45) is 2.03. The highest BCUT2D eigenvalue weighted by atomic mass is 19.4. The number of anilines is 1. The van der Waals surface area contributed by atoms with Crippen molar-refractivity contribution in [2.75, 3.05) is 31.5 Å². The van der Waals surface area contributed by atoms with Crippen molar-refractivity contribution in [1.29, 1.82) is 0 Å². The third kappa shape index (κ3) is 11.4. The van der Waals surface area contributed by atoms with E-state index in [-0.39, 0.29) is 36.2 Å². The molecule has 49 heavy (non-hydrogen) atoms. The summed E-state index contributed by atoms with van der Waals surface area (Å²) < 4.78 is 32.6. The third-order valence-electron chi connectivity index (χ3n) is 9.16. The second-order valence-corrected chi connectivity index (χ2v) is 13.9. The van der Waals surface area contributed by atoms with Gasteiger partial charge in [0.25, 0.3) is 5.91 Å². The summed E-state index contributed by atoms with van der Waals surface area (Å²) in [5, 5.41) is 24.5. The number of halogens is 3. The Balaban J connectivity index is 0.000000698. The molecule has 0 spiro atoms. The number of nitrogens with zero attached hydrogens (tertiary/aromatic N) is 2. The van der Waals surface area contributed by atoms with Crippen LogP contribution in [0.2, 0.25) is 0 Å². The summed E-state index contributed by atoms with van der Waals surface area (Å²) in [4.78, 5) is 50.1. The highest BCUT2D eigenvalue weighted by molar-refractivity contribution is 5.96. The first-order valence-electron chi connectivity index (χ1n) is 16.8. The van der Waals surface area contributed by atoms with Crippen molar-refractivity contribution in [3.8, 4) is 5.75 Å². The van der Waals surface area contributed by atoms with Crippen LogP contribution in [0.15, 0.2) is 48.5 Å². The molecule has 0 aromatic heterocycles. The number of nitrogens with two attached hydrogens (primary N) is 1.